The quantitative estimate of drug-likeness (QED) is 0.854. The highest BCUT2D eigenvalue weighted by atomic mass is 15.0. The van der Waals surface area contributed by atoms with Gasteiger partial charge in [0.05, 0.1) is 0 Å². The van der Waals surface area contributed by atoms with E-state index in [4.69, 9.17) is 5.73 Å². The van der Waals surface area contributed by atoms with Crippen LogP contribution >= 0.6 is 0 Å². The highest BCUT2D eigenvalue weighted by molar-refractivity contribution is 5.85. The number of fused-ring (bicyclic) bond motifs is 1. The van der Waals surface area contributed by atoms with Gasteiger partial charge in [-0.1, -0.05) is 33.8 Å². The van der Waals surface area contributed by atoms with Gasteiger partial charge in [0.2, 0.25) is 0 Å². The SMILES string of the molecule is CC(C)c1ccc2c(c1)c(C(C)C)cn2CCCN. The molecule has 19 heavy (non-hydrogen) atoms. The third kappa shape index (κ3) is 2.84. The molecule has 0 saturated carbocycles. The number of aromatic nitrogens is 1. The topological polar surface area (TPSA) is 30.9 Å². The minimum Gasteiger partial charge on any atom is -0.347 e. The Morgan fingerprint density at radius 2 is 1.84 bits per heavy atom. The second kappa shape index (κ2) is 5.79. The summed E-state index contributed by atoms with van der Waals surface area (Å²) in [6.07, 6.45) is 3.35. The fourth-order valence-corrected chi connectivity index (χ4v) is 2.61. The van der Waals surface area contributed by atoms with E-state index in [1.54, 1.807) is 0 Å². The van der Waals surface area contributed by atoms with Crippen LogP contribution in [-0.4, -0.2) is 11.1 Å². The predicted octanol–water partition coefficient (Wildman–Crippen LogP) is 4.24. The molecule has 0 fully saturated rings. The first-order valence-electron chi connectivity index (χ1n) is 7.37. The molecule has 1 aromatic heterocycles. The van der Waals surface area contributed by atoms with Gasteiger partial charge in [0.25, 0.3) is 0 Å². The summed E-state index contributed by atoms with van der Waals surface area (Å²) in [5.41, 5.74) is 9.86. The summed E-state index contributed by atoms with van der Waals surface area (Å²) in [6, 6.07) is 6.90. The molecule has 1 heterocycles. The molecule has 0 aliphatic carbocycles. The molecule has 104 valence electrons. The molecule has 0 aliphatic rings. The van der Waals surface area contributed by atoms with Gasteiger partial charge in [-0.05, 0) is 48.1 Å². The second-order valence-corrected chi connectivity index (χ2v) is 6.01. The monoisotopic (exact) mass is 258 g/mol. The Bertz CT molecular complexity index is 550. The van der Waals surface area contributed by atoms with E-state index in [9.17, 15) is 0 Å². The smallest absolute Gasteiger partial charge is 0.0483 e. The van der Waals surface area contributed by atoms with Crippen LogP contribution in [0.2, 0.25) is 0 Å². The Kier molecular flexibility index (Phi) is 4.31. The van der Waals surface area contributed by atoms with Gasteiger partial charge < -0.3 is 10.3 Å². The van der Waals surface area contributed by atoms with Crippen LogP contribution in [0.5, 0.6) is 0 Å². The lowest BCUT2D eigenvalue weighted by Crippen LogP contribution is -2.04. The van der Waals surface area contributed by atoms with Crippen molar-refractivity contribution in [1.82, 2.24) is 4.57 Å². The van der Waals surface area contributed by atoms with Gasteiger partial charge in [-0.25, -0.2) is 0 Å². The number of nitrogens with zero attached hydrogens (tertiary/aromatic N) is 1. The first-order valence-corrected chi connectivity index (χ1v) is 7.37. The van der Waals surface area contributed by atoms with Gasteiger partial charge in [0.15, 0.2) is 0 Å². The molecule has 0 radical (unpaired) electrons. The zero-order valence-electron chi connectivity index (χ0n) is 12.6. The number of nitrogens with two attached hydrogens (primary N) is 1. The number of rotatable bonds is 5. The standard InChI is InChI=1S/C17H26N2/c1-12(2)14-6-7-17-15(10-14)16(13(3)4)11-19(17)9-5-8-18/h6-7,10-13H,5,8-9,18H2,1-4H3. The molecular formula is C17H26N2. The van der Waals surface area contributed by atoms with Crippen molar-refractivity contribution in [3.05, 3.63) is 35.5 Å². The molecule has 2 nitrogen and oxygen atoms in total. The third-order valence-electron chi connectivity index (χ3n) is 3.83. The highest BCUT2D eigenvalue weighted by Crippen LogP contribution is 2.30. The first-order chi connectivity index (χ1) is 9.04. The van der Waals surface area contributed by atoms with Gasteiger partial charge in [0.1, 0.15) is 0 Å². The largest absolute Gasteiger partial charge is 0.347 e. The molecule has 0 aliphatic heterocycles. The lowest BCUT2D eigenvalue weighted by Gasteiger charge is -2.08. The van der Waals surface area contributed by atoms with Crippen molar-refractivity contribution in [2.45, 2.75) is 52.5 Å². The fourth-order valence-electron chi connectivity index (χ4n) is 2.61. The number of hydrogen-bond acceptors (Lipinski definition) is 1. The van der Waals surface area contributed by atoms with Gasteiger partial charge in [-0.2, -0.15) is 0 Å². The minimum atomic E-state index is 0.559. The van der Waals surface area contributed by atoms with Crippen molar-refractivity contribution >= 4 is 10.9 Å². The van der Waals surface area contributed by atoms with E-state index >= 15 is 0 Å². The molecule has 0 spiro atoms. The molecule has 0 unspecified atom stereocenters. The van der Waals surface area contributed by atoms with Crippen LogP contribution in [0.4, 0.5) is 0 Å². The average molecular weight is 258 g/mol. The maximum absolute atomic E-state index is 5.64. The number of benzene rings is 1. The summed E-state index contributed by atoms with van der Waals surface area (Å²) in [5, 5.41) is 1.42. The van der Waals surface area contributed by atoms with Gasteiger partial charge in [-0.3, -0.25) is 0 Å². The summed E-state index contributed by atoms with van der Waals surface area (Å²) >= 11 is 0. The highest BCUT2D eigenvalue weighted by Gasteiger charge is 2.12. The van der Waals surface area contributed by atoms with Gasteiger partial charge >= 0.3 is 0 Å². The Labute approximate surface area is 116 Å². The predicted molar refractivity (Wildman–Crippen MR) is 83.8 cm³/mol. The minimum absolute atomic E-state index is 0.559. The molecule has 2 N–H and O–H groups in total. The Morgan fingerprint density at radius 1 is 1.11 bits per heavy atom. The Hall–Kier alpha value is -1.28. The van der Waals surface area contributed by atoms with Gasteiger partial charge in [-0.15, -0.1) is 0 Å². The number of hydrogen-bond donors (Lipinski definition) is 1. The van der Waals surface area contributed by atoms with Crippen molar-refractivity contribution in [3.8, 4) is 0 Å². The van der Waals surface area contributed by atoms with Crippen molar-refractivity contribution in [2.24, 2.45) is 5.73 Å². The molecule has 0 atom stereocenters. The van der Waals surface area contributed by atoms with E-state index < -0.39 is 0 Å². The van der Waals surface area contributed by atoms with E-state index in [0.717, 1.165) is 19.5 Å². The van der Waals surface area contributed by atoms with Crippen LogP contribution in [0.25, 0.3) is 10.9 Å². The average Bonchev–Trinajstić information content (AvgIpc) is 2.74. The molecule has 0 bridgehead atoms. The lowest BCUT2D eigenvalue weighted by atomic mass is 9.97. The molecule has 0 amide bonds. The zero-order valence-corrected chi connectivity index (χ0v) is 12.6. The molecule has 2 heteroatoms. The lowest BCUT2D eigenvalue weighted by molar-refractivity contribution is 0.666. The van der Waals surface area contributed by atoms with Crippen molar-refractivity contribution < 1.29 is 0 Å². The van der Waals surface area contributed by atoms with Crippen LogP contribution < -0.4 is 5.73 Å². The molecule has 1 aromatic carbocycles. The van der Waals surface area contributed by atoms with Crippen molar-refractivity contribution in [1.29, 1.82) is 0 Å². The maximum atomic E-state index is 5.64. The van der Waals surface area contributed by atoms with Crippen LogP contribution in [-0.2, 0) is 6.54 Å². The molecular weight excluding hydrogens is 232 g/mol. The molecule has 2 rings (SSSR count). The summed E-state index contributed by atoms with van der Waals surface area (Å²) in [4.78, 5) is 0. The van der Waals surface area contributed by atoms with Gasteiger partial charge in [0, 0.05) is 23.6 Å². The van der Waals surface area contributed by atoms with E-state index in [0.29, 0.717) is 11.8 Å². The summed E-state index contributed by atoms with van der Waals surface area (Å²) in [7, 11) is 0. The van der Waals surface area contributed by atoms with Crippen molar-refractivity contribution in [3.63, 3.8) is 0 Å². The maximum Gasteiger partial charge on any atom is 0.0483 e. The molecule has 0 saturated heterocycles. The summed E-state index contributed by atoms with van der Waals surface area (Å²) in [6.45, 7) is 10.8. The first kappa shape index (κ1) is 14.1. The summed E-state index contributed by atoms with van der Waals surface area (Å²) < 4.78 is 2.36. The third-order valence-corrected chi connectivity index (χ3v) is 3.83. The zero-order chi connectivity index (χ0) is 14.0. The van der Waals surface area contributed by atoms with Crippen molar-refractivity contribution in [2.75, 3.05) is 6.54 Å². The van der Waals surface area contributed by atoms with E-state index in [1.165, 1.54) is 22.0 Å². The van der Waals surface area contributed by atoms with E-state index in [2.05, 4.69) is 56.7 Å². The second-order valence-electron chi connectivity index (χ2n) is 6.01. The van der Waals surface area contributed by atoms with Crippen LogP contribution in [0.15, 0.2) is 24.4 Å². The fraction of sp³-hybridized carbons (Fsp3) is 0.529. The Balaban J connectivity index is 2.54. The van der Waals surface area contributed by atoms with E-state index in [1.807, 2.05) is 0 Å². The normalized spacial score (nSPS) is 11.9. The summed E-state index contributed by atoms with van der Waals surface area (Å²) in [5.74, 6) is 1.14. The Morgan fingerprint density at radius 3 is 2.42 bits per heavy atom. The molecule has 2 aromatic rings. The van der Waals surface area contributed by atoms with Crippen LogP contribution in [0.3, 0.4) is 0 Å². The van der Waals surface area contributed by atoms with Crippen LogP contribution in [0.1, 0.15) is 57.1 Å². The number of aryl methyl sites for hydroxylation is 1. The van der Waals surface area contributed by atoms with Crippen LogP contribution in [0, 0.1) is 0 Å². The van der Waals surface area contributed by atoms with E-state index in [-0.39, 0.29) is 0 Å².